The predicted molar refractivity (Wildman–Crippen MR) is 77.3 cm³/mol. The van der Waals surface area contributed by atoms with Gasteiger partial charge in [-0.3, -0.25) is 4.79 Å². The SMILES string of the molecule is CC1CC(NC(=O)c2ccc([N+](=O)[O-])n2C)CCN1.Cl. The van der Waals surface area contributed by atoms with Crippen LogP contribution in [0.2, 0.25) is 0 Å². The maximum atomic E-state index is 12.1. The number of rotatable bonds is 3. The number of carbonyl (C=O) groups is 1. The molecular formula is C12H19ClN4O3. The van der Waals surface area contributed by atoms with Crippen molar-refractivity contribution in [2.45, 2.75) is 31.8 Å². The molecule has 0 saturated carbocycles. The number of hydrogen-bond donors (Lipinski definition) is 2. The fourth-order valence-corrected chi connectivity index (χ4v) is 2.43. The van der Waals surface area contributed by atoms with Crippen LogP contribution in [0.15, 0.2) is 12.1 Å². The van der Waals surface area contributed by atoms with Gasteiger partial charge in [0, 0.05) is 18.2 Å². The highest BCUT2D eigenvalue weighted by molar-refractivity contribution is 5.93. The summed E-state index contributed by atoms with van der Waals surface area (Å²) < 4.78 is 1.31. The Labute approximate surface area is 123 Å². The quantitative estimate of drug-likeness (QED) is 0.649. The maximum absolute atomic E-state index is 12.1. The smallest absolute Gasteiger partial charge is 0.323 e. The minimum absolute atomic E-state index is 0. The van der Waals surface area contributed by atoms with Crippen molar-refractivity contribution in [2.24, 2.45) is 7.05 Å². The van der Waals surface area contributed by atoms with Crippen molar-refractivity contribution in [1.29, 1.82) is 0 Å². The highest BCUT2D eigenvalue weighted by Crippen LogP contribution is 2.16. The minimum Gasteiger partial charge on any atom is -0.358 e. The lowest BCUT2D eigenvalue weighted by Gasteiger charge is -2.28. The Kier molecular flexibility index (Phi) is 5.52. The zero-order valence-electron chi connectivity index (χ0n) is 11.5. The zero-order valence-corrected chi connectivity index (χ0v) is 12.3. The third kappa shape index (κ3) is 3.49. The Balaban J connectivity index is 0.00000200. The molecule has 1 aromatic heterocycles. The molecule has 1 amide bonds. The molecule has 2 heterocycles. The van der Waals surface area contributed by atoms with E-state index in [1.807, 2.05) is 0 Å². The molecule has 112 valence electrons. The monoisotopic (exact) mass is 302 g/mol. The number of nitrogens with one attached hydrogen (secondary N) is 2. The summed E-state index contributed by atoms with van der Waals surface area (Å²) in [5.74, 6) is -0.335. The largest absolute Gasteiger partial charge is 0.358 e. The van der Waals surface area contributed by atoms with Gasteiger partial charge in [-0.05, 0) is 37.3 Å². The maximum Gasteiger partial charge on any atom is 0.323 e. The van der Waals surface area contributed by atoms with Crippen LogP contribution in [0.4, 0.5) is 5.82 Å². The summed E-state index contributed by atoms with van der Waals surface area (Å²) in [6.07, 6.45) is 1.75. The summed E-state index contributed by atoms with van der Waals surface area (Å²) in [7, 11) is 1.53. The first-order valence-electron chi connectivity index (χ1n) is 6.33. The second-order valence-electron chi connectivity index (χ2n) is 4.94. The predicted octanol–water partition coefficient (Wildman–Crippen LogP) is 1.23. The Bertz CT molecular complexity index is 503. The second-order valence-corrected chi connectivity index (χ2v) is 4.94. The standard InChI is InChI=1S/C12H18N4O3.ClH/c1-8-7-9(5-6-13-8)14-12(17)10-3-4-11(15(10)2)16(18)19;/h3-4,8-9,13H,5-7H2,1-2H3,(H,14,17);1H. The fourth-order valence-electron chi connectivity index (χ4n) is 2.43. The van der Waals surface area contributed by atoms with Crippen LogP contribution in [-0.4, -0.2) is 34.0 Å². The first-order valence-corrected chi connectivity index (χ1v) is 6.33. The van der Waals surface area contributed by atoms with Crippen molar-refractivity contribution in [1.82, 2.24) is 15.2 Å². The van der Waals surface area contributed by atoms with Crippen LogP contribution in [0, 0.1) is 10.1 Å². The number of nitro groups is 1. The van der Waals surface area contributed by atoms with Crippen LogP contribution in [0.1, 0.15) is 30.3 Å². The van der Waals surface area contributed by atoms with Crippen molar-refractivity contribution in [3.05, 3.63) is 27.9 Å². The van der Waals surface area contributed by atoms with E-state index in [-0.39, 0.29) is 30.2 Å². The lowest BCUT2D eigenvalue weighted by Crippen LogP contribution is -2.46. The van der Waals surface area contributed by atoms with Gasteiger partial charge in [-0.25, -0.2) is 4.57 Å². The van der Waals surface area contributed by atoms with Gasteiger partial charge < -0.3 is 20.7 Å². The molecule has 1 saturated heterocycles. The van der Waals surface area contributed by atoms with Gasteiger partial charge in [0.2, 0.25) is 0 Å². The summed E-state index contributed by atoms with van der Waals surface area (Å²) in [6.45, 7) is 2.95. The lowest BCUT2D eigenvalue weighted by molar-refractivity contribution is -0.391. The van der Waals surface area contributed by atoms with E-state index in [0.29, 0.717) is 11.7 Å². The number of carbonyl (C=O) groups excluding carboxylic acids is 1. The third-order valence-electron chi connectivity index (χ3n) is 3.47. The molecule has 1 fully saturated rings. The first-order chi connectivity index (χ1) is 8.99. The van der Waals surface area contributed by atoms with E-state index >= 15 is 0 Å². The third-order valence-corrected chi connectivity index (χ3v) is 3.47. The molecule has 2 N–H and O–H groups in total. The molecule has 2 atom stereocenters. The molecule has 1 aliphatic rings. The lowest BCUT2D eigenvalue weighted by atomic mass is 10.0. The van der Waals surface area contributed by atoms with E-state index in [1.54, 1.807) is 0 Å². The van der Waals surface area contributed by atoms with Crippen LogP contribution in [0.3, 0.4) is 0 Å². The van der Waals surface area contributed by atoms with Crippen LogP contribution in [0.25, 0.3) is 0 Å². The highest BCUT2D eigenvalue weighted by Gasteiger charge is 2.25. The normalized spacial score (nSPS) is 21.9. The Morgan fingerprint density at radius 1 is 1.55 bits per heavy atom. The van der Waals surface area contributed by atoms with Crippen molar-refractivity contribution in [3.63, 3.8) is 0 Å². The average Bonchev–Trinajstić information content (AvgIpc) is 2.71. The van der Waals surface area contributed by atoms with Crippen molar-refractivity contribution in [3.8, 4) is 0 Å². The van der Waals surface area contributed by atoms with Crippen LogP contribution < -0.4 is 10.6 Å². The molecule has 1 aromatic rings. The summed E-state index contributed by atoms with van der Waals surface area (Å²) in [5.41, 5.74) is 0.317. The number of aromatic nitrogens is 1. The molecule has 2 unspecified atom stereocenters. The molecule has 2 rings (SSSR count). The van der Waals surface area contributed by atoms with E-state index in [2.05, 4.69) is 17.6 Å². The highest BCUT2D eigenvalue weighted by atomic mass is 35.5. The van der Waals surface area contributed by atoms with Gasteiger partial charge >= 0.3 is 5.82 Å². The molecule has 8 heteroatoms. The molecule has 0 aliphatic carbocycles. The Hall–Kier alpha value is -1.60. The molecular weight excluding hydrogens is 284 g/mol. The molecule has 0 radical (unpaired) electrons. The van der Waals surface area contributed by atoms with Crippen molar-refractivity contribution < 1.29 is 9.72 Å². The van der Waals surface area contributed by atoms with Crippen LogP contribution >= 0.6 is 12.4 Å². The first kappa shape index (κ1) is 16.5. The van der Waals surface area contributed by atoms with E-state index < -0.39 is 4.92 Å². The van der Waals surface area contributed by atoms with Crippen LogP contribution in [-0.2, 0) is 7.05 Å². The molecule has 0 bridgehead atoms. The van der Waals surface area contributed by atoms with Gasteiger partial charge in [0.15, 0.2) is 5.69 Å². The minimum atomic E-state index is -0.497. The molecule has 0 spiro atoms. The average molecular weight is 303 g/mol. The molecule has 20 heavy (non-hydrogen) atoms. The number of halogens is 1. The Morgan fingerprint density at radius 2 is 2.25 bits per heavy atom. The number of amides is 1. The van der Waals surface area contributed by atoms with Gasteiger partial charge in [-0.2, -0.15) is 0 Å². The molecule has 0 aromatic carbocycles. The topological polar surface area (TPSA) is 89.2 Å². The zero-order chi connectivity index (χ0) is 14.0. The molecule has 1 aliphatic heterocycles. The summed E-state index contributed by atoms with van der Waals surface area (Å²) in [6, 6.07) is 3.33. The molecule has 7 nitrogen and oxygen atoms in total. The van der Waals surface area contributed by atoms with Crippen LogP contribution in [0.5, 0.6) is 0 Å². The number of nitrogens with zero attached hydrogens (tertiary/aromatic N) is 2. The van der Waals surface area contributed by atoms with Gasteiger partial charge in [-0.15, -0.1) is 12.4 Å². The summed E-state index contributed by atoms with van der Waals surface area (Å²) >= 11 is 0. The van der Waals surface area contributed by atoms with Gasteiger partial charge in [0.1, 0.15) is 0 Å². The van der Waals surface area contributed by atoms with Crippen molar-refractivity contribution >= 4 is 24.1 Å². The van der Waals surface area contributed by atoms with Crippen molar-refractivity contribution in [2.75, 3.05) is 6.54 Å². The van der Waals surface area contributed by atoms with E-state index in [4.69, 9.17) is 0 Å². The van der Waals surface area contributed by atoms with E-state index in [0.717, 1.165) is 19.4 Å². The van der Waals surface area contributed by atoms with E-state index in [9.17, 15) is 14.9 Å². The number of hydrogen-bond acceptors (Lipinski definition) is 4. The van der Waals surface area contributed by atoms with Gasteiger partial charge in [0.05, 0.1) is 7.05 Å². The fraction of sp³-hybridized carbons (Fsp3) is 0.583. The van der Waals surface area contributed by atoms with E-state index in [1.165, 1.54) is 23.7 Å². The van der Waals surface area contributed by atoms with Gasteiger partial charge in [-0.1, -0.05) is 0 Å². The van der Waals surface area contributed by atoms with Gasteiger partial charge in [0.25, 0.3) is 5.91 Å². The number of piperidine rings is 1. The summed E-state index contributed by atoms with van der Waals surface area (Å²) in [5, 5.41) is 17.0. The Morgan fingerprint density at radius 3 is 2.80 bits per heavy atom. The second kappa shape index (κ2) is 6.71. The summed E-state index contributed by atoms with van der Waals surface area (Å²) in [4.78, 5) is 22.3.